The summed E-state index contributed by atoms with van der Waals surface area (Å²) in [6.45, 7) is 4.17. The lowest BCUT2D eigenvalue weighted by Gasteiger charge is -2.11. The molecule has 0 atom stereocenters. The van der Waals surface area contributed by atoms with Crippen LogP contribution >= 0.6 is 15.9 Å². The first kappa shape index (κ1) is 10.5. The molecule has 0 aromatic heterocycles. The van der Waals surface area contributed by atoms with Crippen molar-refractivity contribution < 1.29 is 10.3 Å². The number of hydrogen-bond acceptors (Lipinski definition) is 3. The van der Waals surface area contributed by atoms with E-state index in [1.54, 1.807) is 6.07 Å². The Morgan fingerprint density at radius 1 is 1.46 bits per heavy atom. The second kappa shape index (κ2) is 4.09. The van der Waals surface area contributed by atoms with Gasteiger partial charge in [-0.05, 0) is 52.5 Å². The third-order valence-electron chi connectivity index (χ3n) is 2.09. The van der Waals surface area contributed by atoms with Crippen LogP contribution in [0.3, 0.4) is 0 Å². The van der Waals surface area contributed by atoms with E-state index in [-0.39, 0.29) is 5.75 Å². The largest absolute Gasteiger partial charge is 0.507 e. The van der Waals surface area contributed by atoms with Gasteiger partial charge in [-0.2, -0.15) is 0 Å². The predicted molar refractivity (Wildman–Crippen MR) is 53.9 cm³/mol. The van der Waals surface area contributed by atoms with Gasteiger partial charge in [-0.3, -0.25) is 0 Å². The molecule has 3 nitrogen and oxygen atoms in total. The Morgan fingerprint density at radius 3 is 2.62 bits per heavy atom. The summed E-state index contributed by atoms with van der Waals surface area (Å²) in [6.07, 6.45) is 0. The molecule has 1 aromatic carbocycles. The van der Waals surface area contributed by atoms with Crippen LogP contribution in [0.5, 0.6) is 5.75 Å². The van der Waals surface area contributed by atoms with Crippen LogP contribution in [-0.2, 0) is 6.54 Å². The molecule has 0 fully saturated rings. The maximum absolute atomic E-state index is 9.44. The minimum Gasteiger partial charge on any atom is -0.507 e. The van der Waals surface area contributed by atoms with Crippen LogP contribution in [0.15, 0.2) is 10.5 Å². The molecule has 0 unspecified atom stereocenters. The summed E-state index contributed by atoms with van der Waals surface area (Å²) in [6, 6.07) is 1.67. The fourth-order valence-electron chi connectivity index (χ4n) is 1.33. The highest BCUT2D eigenvalue weighted by Crippen LogP contribution is 2.31. The fourth-order valence-corrected chi connectivity index (χ4v) is 1.68. The molecule has 0 aliphatic carbocycles. The van der Waals surface area contributed by atoms with Crippen LogP contribution < -0.4 is 5.48 Å². The van der Waals surface area contributed by atoms with E-state index in [1.807, 2.05) is 13.8 Å². The maximum atomic E-state index is 9.44. The summed E-state index contributed by atoms with van der Waals surface area (Å²) in [5.74, 6) is 0.233. The molecule has 72 valence electrons. The van der Waals surface area contributed by atoms with Crippen molar-refractivity contribution in [1.82, 2.24) is 5.48 Å². The zero-order valence-corrected chi connectivity index (χ0v) is 9.14. The van der Waals surface area contributed by atoms with Gasteiger partial charge in [0.2, 0.25) is 0 Å². The molecule has 0 radical (unpaired) electrons. The van der Waals surface area contributed by atoms with Crippen molar-refractivity contribution in [2.75, 3.05) is 0 Å². The van der Waals surface area contributed by atoms with Crippen LogP contribution in [0.4, 0.5) is 0 Å². The quantitative estimate of drug-likeness (QED) is 0.701. The van der Waals surface area contributed by atoms with Crippen molar-refractivity contribution in [2.24, 2.45) is 0 Å². The third kappa shape index (κ3) is 2.02. The summed E-state index contributed by atoms with van der Waals surface area (Å²) in [5.41, 5.74) is 5.00. The molecule has 0 spiro atoms. The summed E-state index contributed by atoms with van der Waals surface area (Å²) in [7, 11) is 0. The third-order valence-corrected chi connectivity index (χ3v) is 3.09. The van der Waals surface area contributed by atoms with Gasteiger partial charge in [-0.15, -0.1) is 0 Å². The standard InChI is InChI=1S/C9H12BrNO2/c1-5-3-8(12)9(10)6(2)7(5)4-11-13/h3,11-13H,4H2,1-2H3. The van der Waals surface area contributed by atoms with Crippen LogP contribution in [0.2, 0.25) is 0 Å². The fraction of sp³-hybridized carbons (Fsp3) is 0.333. The van der Waals surface area contributed by atoms with E-state index < -0.39 is 0 Å². The first-order chi connectivity index (χ1) is 6.07. The number of halogens is 1. The van der Waals surface area contributed by atoms with E-state index >= 15 is 0 Å². The molecular formula is C9H12BrNO2. The van der Waals surface area contributed by atoms with Crippen LogP contribution in [0.25, 0.3) is 0 Å². The van der Waals surface area contributed by atoms with Gasteiger partial charge in [0.15, 0.2) is 0 Å². The van der Waals surface area contributed by atoms with Gasteiger partial charge < -0.3 is 10.3 Å². The molecule has 0 heterocycles. The summed E-state index contributed by atoms with van der Waals surface area (Å²) < 4.78 is 0.684. The number of rotatable bonds is 2. The monoisotopic (exact) mass is 245 g/mol. The lowest BCUT2D eigenvalue weighted by Crippen LogP contribution is -2.09. The highest BCUT2D eigenvalue weighted by atomic mass is 79.9. The Hall–Kier alpha value is -0.580. The van der Waals surface area contributed by atoms with Gasteiger partial charge >= 0.3 is 0 Å². The normalized spacial score (nSPS) is 10.5. The lowest BCUT2D eigenvalue weighted by atomic mass is 10.0. The highest BCUT2D eigenvalue weighted by molar-refractivity contribution is 9.10. The van der Waals surface area contributed by atoms with E-state index in [0.717, 1.165) is 16.7 Å². The van der Waals surface area contributed by atoms with Gasteiger partial charge in [-0.25, -0.2) is 5.48 Å². The van der Waals surface area contributed by atoms with Gasteiger partial charge in [0.1, 0.15) is 5.75 Å². The number of aryl methyl sites for hydroxylation is 1. The molecule has 0 bridgehead atoms. The molecule has 3 N–H and O–H groups in total. The minimum atomic E-state index is 0.233. The Kier molecular flexibility index (Phi) is 3.30. The van der Waals surface area contributed by atoms with Gasteiger partial charge in [0.05, 0.1) is 4.47 Å². The van der Waals surface area contributed by atoms with Crippen molar-refractivity contribution in [1.29, 1.82) is 0 Å². The first-order valence-corrected chi connectivity index (χ1v) is 4.71. The number of hydrogen-bond donors (Lipinski definition) is 3. The molecule has 0 amide bonds. The topological polar surface area (TPSA) is 52.5 Å². The molecule has 0 saturated heterocycles. The smallest absolute Gasteiger partial charge is 0.130 e. The summed E-state index contributed by atoms with van der Waals surface area (Å²) in [5, 5.41) is 18.0. The van der Waals surface area contributed by atoms with Crippen LogP contribution in [0.1, 0.15) is 16.7 Å². The van der Waals surface area contributed by atoms with Crippen molar-refractivity contribution in [3.8, 4) is 5.75 Å². The minimum absolute atomic E-state index is 0.233. The number of aromatic hydroxyl groups is 1. The second-order valence-electron chi connectivity index (χ2n) is 2.97. The molecule has 0 saturated carbocycles. The molecule has 0 aliphatic rings. The average molecular weight is 246 g/mol. The second-order valence-corrected chi connectivity index (χ2v) is 3.76. The number of phenolic OH excluding ortho intramolecular Hbond substituents is 1. The molecule has 1 rings (SSSR count). The zero-order chi connectivity index (χ0) is 10.0. The summed E-state index contributed by atoms with van der Waals surface area (Å²) >= 11 is 3.27. The van der Waals surface area contributed by atoms with Crippen LogP contribution in [-0.4, -0.2) is 10.3 Å². The highest BCUT2D eigenvalue weighted by Gasteiger charge is 2.09. The number of phenols is 1. The Balaban J connectivity index is 3.26. The van der Waals surface area contributed by atoms with E-state index in [0.29, 0.717) is 11.0 Å². The predicted octanol–water partition coefficient (Wildman–Crippen LogP) is 2.25. The average Bonchev–Trinajstić information content (AvgIpc) is 2.09. The molecule has 13 heavy (non-hydrogen) atoms. The lowest BCUT2D eigenvalue weighted by molar-refractivity contribution is 0.161. The molecular weight excluding hydrogens is 234 g/mol. The number of hydroxylamine groups is 1. The Bertz CT molecular complexity index is 326. The SMILES string of the molecule is Cc1cc(O)c(Br)c(C)c1CNO. The Morgan fingerprint density at radius 2 is 2.08 bits per heavy atom. The first-order valence-electron chi connectivity index (χ1n) is 3.92. The van der Waals surface area contributed by atoms with E-state index in [1.165, 1.54) is 0 Å². The van der Waals surface area contributed by atoms with Gasteiger partial charge in [0.25, 0.3) is 0 Å². The number of benzene rings is 1. The summed E-state index contributed by atoms with van der Waals surface area (Å²) in [4.78, 5) is 0. The van der Waals surface area contributed by atoms with E-state index in [2.05, 4.69) is 21.4 Å². The van der Waals surface area contributed by atoms with Gasteiger partial charge in [0, 0.05) is 6.54 Å². The maximum Gasteiger partial charge on any atom is 0.130 e. The number of nitrogens with one attached hydrogen (secondary N) is 1. The van der Waals surface area contributed by atoms with Crippen molar-refractivity contribution >= 4 is 15.9 Å². The molecule has 4 heteroatoms. The van der Waals surface area contributed by atoms with Gasteiger partial charge in [-0.1, -0.05) is 0 Å². The van der Waals surface area contributed by atoms with Crippen LogP contribution in [0, 0.1) is 13.8 Å². The van der Waals surface area contributed by atoms with E-state index in [9.17, 15) is 5.11 Å². The molecule has 1 aromatic rings. The Labute approximate surface area is 85.5 Å². The molecule has 0 aliphatic heterocycles. The van der Waals surface area contributed by atoms with Crippen molar-refractivity contribution in [3.05, 3.63) is 27.2 Å². The zero-order valence-electron chi connectivity index (χ0n) is 7.56. The van der Waals surface area contributed by atoms with E-state index in [4.69, 9.17) is 5.21 Å². The van der Waals surface area contributed by atoms with Crippen molar-refractivity contribution in [3.63, 3.8) is 0 Å². The van der Waals surface area contributed by atoms with Crippen molar-refractivity contribution in [2.45, 2.75) is 20.4 Å².